The first-order chi connectivity index (χ1) is 13.0. The van der Waals surface area contributed by atoms with Crippen molar-refractivity contribution >= 4 is 46.7 Å². The molecule has 1 aliphatic rings. The SMILES string of the molecule is CCOC(=O)CN1C(=O)S/C(=C\c2ccc(Sc3ccc(C)cc3)o2)C1=O. The number of ether oxygens (including phenoxy) is 1. The van der Waals surface area contributed by atoms with Crippen molar-refractivity contribution < 1.29 is 23.5 Å². The summed E-state index contributed by atoms with van der Waals surface area (Å²) in [4.78, 5) is 38.0. The van der Waals surface area contributed by atoms with Crippen LogP contribution < -0.4 is 0 Å². The fourth-order valence-electron chi connectivity index (χ4n) is 2.29. The Morgan fingerprint density at radius 2 is 1.96 bits per heavy atom. The molecule has 1 aliphatic heterocycles. The van der Waals surface area contributed by atoms with Gasteiger partial charge in [-0.05, 0) is 49.9 Å². The van der Waals surface area contributed by atoms with Crippen LogP contribution in [0.2, 0.25) is 0 Å². The highest BCUT2D eigenvalue weighted by Crippen LogP contribution is 2.34. The molecule has 3 rings (SSSR count). The van der Waals surface area contributed by atoms with E-state index >= 15 is 0 Å². The van der Waals surface area contributed by atoms with Crippen molar-refractivity contribution in [1.29, 1.82) is 0 Å². The third-order valence-electron chi connectivity index (χ3n) is 3.58. The largest absolute Gasteiger partial charge is 0.465 e. The quantitative estimate of drug-likeness (QED) is 0.524. The highest BCUT2D eigenvalue weighted by atomic mass is 32.2. The molecule has 1 saturated heterocycles. The van der Waals surface area contributed by atoms with Gasteiger partial charge < -0.3 is 9.15 Å². The Morgan fingerprint density at radius 1 is 1.22 bits per heavy atom. The van der Waals surface area contributed by atoms with E-state index in [9.17, 15) is 14.4 Å². The van der Waals surface area contributed by atoms with E-state index < -0.39 is 17.1 Å². The molecule has 1 fully saturated rings. The first-order valence-electron chi connectivity index (χ1n) is 8.21. The minimum atomic E-state index is -0.615. The lowest BCUT2D eigenvalue weighted by Crippen LogP contribution is -2.34. The van der Waals surface area contributed by atoms with Gasteiger partial charge in [-0.1, -0.05) is 29.5 Å². The maximum absolute atomic E-state index is 12.4. The summed E-state index contributed by atoms with van der Waals surface area (Å²) in [5.41, 5.74) is 1.18. The Bertz CT molecular complexity index is 901. The first kappa shape index (κ1) is 19.3. The second-order valence-electron chi connectivity index (χ2n) is 5.64. The number of hydrogen-bond acceptors (Lipinski definition) is 7. The van der Waals surface area contributed by atoms with Gasteiger partial charge in [-0.2, -0.15) is 0 Å². The molecule has 0 spiro atoms. The topological polar surface area (TPSA) is 76.8 Å². The maximum atomic E-state index is 12.4. The zero-order valence-corrected chi connectivity index (χ0v) is 16.4. The molecule has 1 aromatic carbocycles. The number of amides is 2. The van der Waals surface area contributed by atoms with Crippen molar-refractivity contribution in [2.75, 3.05) is 13.2 Å². The van der Waals surface area contributed by atoms with Gasteiger partial charge in [-0.25, -0.2) is 0 Å². The molecule has 0 aliphatic carbocycles. The molecule has 2 aromatic rings. The fraction of sp³-hybridized carbons (Fsp3) is 0.211. The number of esters is 1. The molecule has 0 unspecified atom stereocenters. The minimum absolute atomic E-state index is 0.193. The summed E-state index contributed by atoms with van der Waals surface area (Å²) in [6, 6.07) is 11.6. The van der Waals surface area contributed by atoms with Crippen LogP contribution in [0, 0.1) is 6.92 Å². The predicted octanol–water partition coefficient (Wildman–Crippen LogP) is 4.34. The molecule has 8 heteroatoms. The zero-order valence-electron chi connectivity index (χ0n) is 14.8. The Labute approximate surface area is 164 Å². The number of imide groups is 1. The first-order valence-corrected chi connectivity index (χ1v) is 9.85. The summed E-state index contributed by atoms with van der Waals surface area (Å²) in [6.45, 7) is 3.49. The van der Waals surface area contributed by atoms with Crippen molar-refractivity contribution in [2.24, 2.45) is 0 Å². The monoisotopic (exact) mass is 403 g/mol. The zero-order chi connectivity index (χ0) is 19.4. The van der Waals surface area contributed by atoms with E-state index in [0.29, 0.717) is 10.9 Å². The van der Waals surface area contributed by atoms with Gasteiger partial charge in [0.25, 0.3) is 11.1 Å². The van der Waals surface area contributed by atoms with Crippen LogP contribution in [0.15, 0.2) is 55.7 Å². The molecule has 0 bridgehead atoms. The van der Waals surface area contributed by atoms with Gasteiger partial charge in [0.05, 0.1) is 11.5 Å². The lowest BCUT2D eigenvalue weighted by atomic mass is 10.2. The van der Waals surface area contributed by atoms with E-state index in [1.807, 2.05) is 31.2 Å². The molecule has 0 N–H and O–H groups in total. The number of carbonyl (C=O) groups is 3. The Kier molecular flexibility index (Phi) is 6.08. The average Bonchev–Trinajstić information content (AvgIpc) is 3.17. The van der Waals surface area contributed by atoms with Crippen LogP contribution in [0.3, 0.4) is 0 Å². The van der Waals surface area contributed by atoms with E-state index in [4.69, 9.17) is 9.15 Å². The Balaban J connectivity index is 1.69. The predicted molar refractivity (Wildman–Crippen MR) is 103 cm³/mol. The second kappa shape index (κ2) is 8.49. The summed E-state index contributed by atoms with van der Waals surface area (Å²) in [7, 11) is 0. The Hall–Kier alpha value is -2.45. The minimum Gasteiger partial charge on any atom is -0.465 e. The van der Waals surface area contributed by atoms with E-state index in [1.165, 1.54) is 23.4 Å². The summed E-state index contributed by atoms with van der Waals surface area (Å²) < 4.78 is 10.5. The van der Waals surface area contributed by atoms with Gasteiger partial charge in [0.15, 0.2) is 5.09 Å². The smallest absolute Gasteiger partial charge is 0.326 e. The van der Waals surface area contributed by atoms with Gasteiger partial charge in [0.2, 0.25) is 0 Å². The molecule has 1 aromatic heterocycles. The number of aryl methyl sites for hydroxylation is 1. The average molecular weight is 403 g/mol. The van der Waals surface area contributed by atoms with E-state index in [0.717, 1.165) is 21.6 Å². The molecular weight excluding hydrogens is 386 g/mol. The molecule has 6 nitrogen and oxygen atoms in total. The van der Waals surface area contributed by atoms with E-state index in [2.05, 4.69) is 0 Å². The number of rotatable bonds is 6. The molecule has 0 atom stereocenters. The van der Waals surface area contributed by atoms with Gasteiger partial charge >= 0.3 is 5.97 Å². The van der Waals surface area contributed by atoms with Crippen LogP contribution in [0.4, 0.5) is 4.79 Å². The molecular formula is C19H17NO5S2. The molecule has 2 amide bonds. The van der Waals surface area contributed by atoms with Crippen molar-refractivity contribution in [3.8, 4) is 0 Å². The van der Waals surface area contributed by atoms with Crippen LogP contribution in [0.1, 0.15) is 18.2 Å². The van der Waals surface area contributed by atoms with Crippen molar-refractivity contribution in [3.63, 3.8) is 0 Å². The second-order valence-corrected chi connectivity index (χ2v) is 7.72. The normalized spacial score (nSPS) is 15.6. The lowest BCUT2D eigenvalue weighted by Gasteiger charge is -2.10. The molecule has 140 valence electrons. The van der Waals surface area contributed by atoms with Crippen molar-refractivity contribution in [1.82, 2.24) is 4.90 Å². The summed E-state index contributed by atoms with van der Waals surface area (Å²) in [6.07, 6.45) is 1.51. The van der Waals surface area contributed by atoms with Crippen molar-refractivity contribution in [2.45, 2.75) is 23.8 Å². The van der Waals surface area contributed by atoms with Crippen molar-refractivity contribution in [3.05, 3.63) is 52.6 Å². The number of thioether (sulfide) groups is 1. The van der Waals surface area contributed by atoms with E-state index in [-0.39, 0.29) is 18.1 Å². The molecule has 2 heterocycles. The highest BCUT2D eigenvalue weighted by molar-refractivity contribution is 8.18. The van der Waals surface area contributed by atoms with Crippen LogP contribution in [-0.2, 0) is 14.3 Å². The van der Waals surface area contributed by atoms with Gasteiger partial charge in [0.1, 0.15) is 12.3 Å². The molecule has 0 saturated carbocycles. The summed E-state index contributed by atoms with van der Waals surface area (Å²) in [5, 5.41) is 0.177. The fourth-order valence-corrected chi connectivity index (χ4v) is 3.89. The van der Waals surface area contributed by atoms with Gasteiger partial charge in [-0.15, -0.1) is 0 Å². The number of nitrogens with zero attached hydrogens (tertiary/aromatic N) is 1. The number of carbonyl (C=O) groups excluding carboxylic acids is 3. The molecule has 0 radical (unpaired) electrons. The lowest BCUT2D eigenvalue weighted by molar-refractivity contribution is -0.145. The summed E-state index contributed by atoms with van der Waals surface area (Å²) >= 11 is 2.24. The maximum Gasteiger partial charge on any atom is 0.326 e. The van der Waals surface area contributed by atoms with Crippen LogP contribution >= 0.6 is 23.5 Å². The van der Waals surface area contributed by atoms with Crippen LogP contribution in [-0.4, -0.2) is 35.2 Å². The van der Waals surface area contributed by atoms with E-state index in [1.54, 1.807) is 19.1 Å². The standard InChI is InChI=1S/C19H17NO5S2/c1-3-24-16(21)11-20-18(22)15(27-19(20)23)10-13-6-9-17(25-13)26-14-7-4-12(2)5-8-14/h4-10H,3,11H2,1-2H3/b15-10-. The Morgan fingerprint density at radius 3 is 2.67 bits per heavy atom. The van der Waals surface area contributed by atoms with Gasteiger partial charge in [-0.3, -0.25) is 19.3 Å². The third kappa shape index (κ3) is 4.84. The number of hydrogen-bond donors (Lipinski definition) is 0. The summed E-state index contributed by atoms with van der Waals surface area (Å²) in [5.74, 6) is -0.677. The number of benzene rings is 1. The third-order valence-corrected chi connectivity index (χ3v) is 5.42. The molecule has 27 heavy (non-hydrogen) atoms. The number of furan rings is 1. The highest BCUT2D eigenvalue weighted by Gasteiger charge is 2.36. The van der Waals surface area contributed by atoms with Crippen LogP contribution in [0.5, 0.6) is 0 Å². The van der Waals surface area contributed by atoms with Crippen LogP contribution in [0.25, 0.3) is 6.08 Å². The van der Waals surface area contributed by atoms with Gasteiger partial charge in [0, 0.05) is 11.0 Å².